The highest BCUT2D eigenvalue weighted by atomic mass is 79.9. The number of para-hydroxylation sites is 1. The molecule has 0 atom stereocenters. The molecule has 0 aliphatic carbocycles. The summed E-state index contributed by atoms with van der Waals surface area (Å²) in [6, 6.07) is 11.8. The van der Waals surface area contributed by atoms with Crippen LogP contribution in [0.5, 0.6) is 11.5 Å². The van der Waals surface area contributed by atoms with Crippen molar-refractivity contribution >= 4 is 32.5 Å². The molecule has 3 nitrogen and oxygen atoms in total. The molecule has 3 rings (SSSR count). The van der Waals surface area contributed by atoms with Crippen LogP contribution in [0.2, 0.25) is 0 Å². The van der Waals surface area contributed by atoms with Gasteiger partial charge in [-0.2, -0.15) is 0 Å². The molecule has 0 fully saturated rings. The summed E-state index contributed by atoms with van der Waals surface area (Å²) in [5.41, 5.74) is 7.09. The van der Waals surface area contributed by atoms with Gasteiger partial charge in [0, 0.05) is 15.9 Å². The lowest BCUT2D eigenvalue weighted by atomic mass is 10.2. The molecule has 1 aromatic heterocycles. The van der Waals surface area contributed by atoms with Crippen molar-refractivity contribution in [2.45, 2.75) is 0 Å². The Kier molecular flexibility index (Phi) is 3.28. The Labute approximate surface area is 123 Å². The third-order valence-electron chi connectivity index (χ3n) is 2.81. The lowest BCUT2D eigenvalue weighted by Gasteiger charge is -2.11. The number of halogens is 2. The first-order valence-corrected chi connectivity index (χ1v) is 6.70. The van der Waals surface area contributed by atoms with Crippen molar-refractivity contribution in [3.05, 3.63) is 59.0 Å². The van der Waals surface area contributed by atoms with Crippen molar-refractivity contribution in [1.29, 1.82) is 0 Å². The normalized spacial score (nSPS) is 10.7. The second-order valence-electron chi connectivity index (χ2n) is 4.27. The second kappa shape index (κ2) is 5.09. The maximum absolute atomic E-state index is 13.4. The van der Waals surface area contributed by atoms with Gasteiger partial charge in [-0.15, -0.1) is 0 Å². The highest BCUT2D eigenvalue weighted by Gasteiger charge is 2.10. The molecule has 0 unspecified atom stereocenters. The number of ether oxygens (including phenoxy) is 1. The molecule has 2 aromatic carbocycles. The Morgan fingerprint density at radius 1 is 1.15 bits per heavy atom. The van der Waals surface area contributed by atoms with Crippen LogP contribution in [0, 0.1) is 5.82 Å². The number of nitrogen functional groups attached to an aromatic ring is 1. The largest absolute Gasteiger partial charge is 0.454 e. The van der Waals surface area contributed by atoms with E-state index in [2.05, 4.69) is 20.9 Å². The van der Waals surface area contributed by atoms with E-state index in [0.29, 0.717) is 21.7 Å². The number of aromatic nitrogens is 1. The van der Waals surface area contributed by atoms with Crippen LogP contribution in [0.4, 0.5) is 10.1 Å². The van der Waals surface area contributed by atoms with Gasteiger partial charge < -0.3 is 10.5 Å². The van der Waals surface area contributed by atoms with Crippen LogP contribution < -0.4 is 10.5 Å². The fourth-order valence-electron chi connectivity index (χ4n) is 1.95. The standard InChI is InChI=1S/C15H10BrFN2O/c16-9-5-10(17)7-11(6-9)20-15-12-3-1-2-4-14(12)19-8-13(15)18/h1-8H,18H2. The van der Waals surface area contributed by atoms with Gasteiger partial charge in [-0.1, -0.05) is 28.1 Å². The van der Waals surface area contributed by atoms with Crippen LogP contribution in [0.3, 0.4) is 0 Å². The number of nitrogens with two attached hydrogens (primary N) is 1. The van der Waals surface area contributed by atoms with E-state index < -0.39 is 0 Å². The molecule has 20 heavy (non-hydrogen) atoms. The number of rotatable bonds is 2. The molecular formula is C15H10BrFN2O. The highest BCUT2D eigenvalue weighted by Crippen LogP contribution is 2.35. The Balaban J connectivity index is 2.12. The van der Waals surface area contributed by atoms with Gasteiger partial charge in [0.05, 0.1) is 17.4 Å². The van der Waals surface area contributed by atoms with Crippen LogP contribution in [-0.2, 0) is 0 Å². The first-order valence-electron chi connectivity index (χ1n) is 5.90. The molecule has 0 saturated carbocycles. The van der Waals surface area contributed by atoms with Crippen molar-refractivity contribution in [2.24, 2.45) is 0 Å². The molecule has 0 amide bonds. The Morgan fingerprint density at radius 3 is 2.75 bits per heavy atom. The molecule has 1 heterocycles. The fraction of sp³-hybridized carbons (Fsp3) is 0. The first-order chi connectivity index (χ1) is 9.63. The third kappa shape index (κ3) is 2.44. The Bertz CT molecular complexity index is 772. The molecule has 2 N–H and O–H groups in total. The van der Waals surface area contributed by atoms with Crippen molar-refractivity contribution < 1.29 is 9.13 Å². The highest BCUT2D eigenvalue weighted by molar-refractivity contribution is 9.10. The van der Waals surface area contributed by atoms with Gasteiger partial charge in [0.2, 0.25) is 0 Å². The quantitative estimate of drug-likeness (QED) is 0.751. The third-order valence-corrected chi connectivity index (χ3v) is 3.27. The number of benzene rings is 2. The molecular weight excluding hydrogens is 323 g/mol. The van der Waals surface area contributed by atoms with E-state index >= 15 is 0 Å². The van der Waals surface area contributed by atoms with Crippen LogP contribution in [-0.4, -0.2) is 4.98 Å². The van der Waals surface area contributed by atoms with Gasteiger partial charge in [-0.3, -0.25) is 4.98 Å². The number of hydrogen-bond acceptors (Lipinski definition) is 3. The van der Waals surface area contributed by atoms with E-state index in [0.717, 1.165) is 10.9 Å². The summed E-state index contributed by atoms with van der Waals surface area (Å²) < 4.78 is 19.7. The van der Waals surface area contributed by atoms with Crippen molar-refractivity contribution in [3.8, 4) is 11.5 Å². The fourth-order valence-corrected chi connectivity index (χ4v) is 2.39. The minimum Gasteiger partial charge on any atom is -0.454 e. The SMILES string of the molecule is Nc1cnc2ccccc2c1Oc1cc(F)cc(Br)c1. The molecule has 100 valence electrons. The van der Waals surface area contributed by atoms with Crippen LogP contribution in [0.15, 0.2) is 53.1 Å². The van der Waals surface area contributed by atoms with E-state index in [1.54, 1.807) is 6.07 Å². The zero-order valence-electron chi connectivity index (χ0n) is 10.3. The minimum absolute atomic E-state index is 0.375. The van der Waals surface area contributed by atoms with Crippen LogP contribution in [0.25, 0.3) is 10.9 Å². The Morgan fingerprint density at radius 2 is 1.95 bits per heavy atom. The number of fused-ring (bicyclic) bond motifs is 1. The summed E-state index contributed by atoms with van der Waals surface area (Å²) in [5, 5.41) is 0.785. The molecule has 3 aromatic rings. The van der Waals surface area contributed by atoms with Gasteiger partial charge in [0.1, 0.15) is 11.6 Å². The minimum atomic E-state index is -0.383. The Hall–Kier alpha value is -2.14. The number of nitrogens with zero attached hydrogens (tertiary/aromatic N) is 1. The smallest absolute Gasteiger partial charge is 0.161 e. The predicted molar refractivity (Wildman–Crippen MR) is 80.3 cm³/mol. The summed E-state index contributed by atoms with van der Waals surface area (Å²) >= 11 is 3.23. The van der Waals surface area contributed by atoms with Gasteiger partial charge in [-0.25, -0.2) is 4.39 Å². The molecule has 5 heteroatoms. The lowest BCUT2D eigenvalue weighted by molar-refractivity contribution is 0.483. The molecule has 0 radical (unpaired) electrons. The van der Waals surface area contributed by atoms with E-state index in [-0.39, 0.29) is 5.82 Å². The van der Waals surface area contributed by atoms with Crippen LogP contribution in [0.1, 0.15) is 0 Å². The van der Waals surface area contributed by atoms with Crippen molar-refractivity contribution in [2.75, 3.05) is 5.73 Å². The van der Waals surface area contributed by atoms with Crippen LogP contribution >= 0.6 is 15.9 Å². The molecule has 0 bridgehead atoms. The monoisotopic (exact) mass is 332 g/mol. The second-order valence-corrected chi connectivity index (χ2v) is 5.18. The summed E-state index contributed by atoms with van der Waals surface area (Å²) in [4.78, 5) is 4.23. The topological polar surface area (TPSA) is 48.1 Å². The van der Waals surface area contributed by atoms with Crippen molar-refractivity contribution in [3.63, 3.8) is 0 Å². The van der Waals surface area contributed by atoms with Gasteiger partial charge in [0.25, 0.3) is 0 Å². The summed E-state index contributed by atoms with van der Waals surface area (Å²) in [6.07, 6.45) is 1.53. The van der Waals surface area contributed by atoms with Gasteiger partial charge in [0.15, 0.2) is 5.75 Å². The maximum atomic E-state index is 13.4. The predicted octanol–water partition coefficient (Wildman–Crippen LogP) is 4.51. The lowest BCUT2D eigenvalue weighted by Crippen LogP contribution is -1.95. The average Bonchev–Trinajstić information content (AvgIpc) is 2.41. The first kappa shape index (κ1) is 12.9. The van der Waals surface area contributed by atoms with E-state index in [1.807, 2.05) is 24.3 Å². The molecule has 0 spiro atoms. The zero-order valence-corrected chi connectivity index (χ0v) is 11.9. The number of hydrogen-bond donors (Lipinski definition) is 1. The van der Waals surface area contributed by atoms with Crippen molar-refractivity contribution in [1.82, 2.24) is 4.98 Å². The van der Waals surface area contributed by atoms with Gasteiger partial charge in [-0.05, 0) is 24.3 Å². The van der Waals surface area contributed by atoms with E-state index in [1.165, 1.54) is 18.3 Å². The summed E-state index contributed by atoms with van der Waals surface area (Å²) in [5.74, 6) is 0.472. The zero-order chi connectivity index (χ0) is 14.1. The molecule has 0 aliphatic heterocycles. The average molecular weight is 333 g/mol. The van der Waals surface area contributed by atoms with E-state index in [4.69, 9.17) is 10.5 Å². The van der Waals surface area contributed by atoms with Gasteiger partial charge >= 0.3 is 0 Å². The molecule has 0 saturated heterocycles. The number of anilines is 1. The summed E-state index contributed by atoms with van der Waals surface area (Å²) in [6.45, 7) is 0. The summed E-state index contributed by atoms with van der Waals surface area (Å²) in [7, 11) is 0. The maximum Gasteiger partial charge on any atom is 0.161 e. The van der Waals surface area contributed by atoms with E-state index in [9.17, 15) is 4.39 Å². The number of pyridine rings is 1. The molecule has 0 aliphatic rings.